The molecule has 0 aromatic heterocycles. The van der Waals surface area contributed by atoms with E-state index in [9.17, 15) is 25.9 Å². The third-order valence-corrected chi connectivity index (χ3v) is 26.9. The zero-order valence-corrected chi connectivity index (χ0v) is 84.0. The predicted molar refractivity (Wildman–Crippen MR) is 498 cm³/mol. The van der Waals surface area contributed by atoms with Crippen LogP contribution in [0.4, 0.5) is 22.7 Å². The van der Waals surface area contributed by atoms with Crippen LogP contribution in [0.15, 0.2) is 288 Å². The average molecular weight is 1810 g/mol. The molecule has 0 saturated heterocycles. The largest absolute Gasteiger partial charge is 1.00 e. The van der Waals surface area contributed by atoms with Gasteiger partial charge in [0, 0.05) is 152 Å². The van der Waals surface area contributed by atoms with Crippen LogP contribution in [0.1, 0.15) is 129 Å². The van der Waals surface area contributed by atoms with Gasteiger partial charge in [0.25, 0.3) is 0 Å². The van der Waals surface area contributed by atoms with Crippen LogP contribution in [0.25, 0.3) is 44.5 Å². The molecule has 0 aliphatic carbocycles. The first kappa shape index (κ1) is 101. The Morgan fingerprint density at radius 2 is 0.762 bits per heavy atom. The number of anilines is 2. The zero-order chi connectivity index (χ0) is 85.5. The van der Waals surface area contributed by atoms with Crippen molar-refractivity contribution in [1.29, 1.82) is 0 Å². The van der Waals surface area contributed by atoms with Crippen LogP contribution in [-0.2, 0) is 70.4 Å². The number of fused-ring (bicyclic) bond motifs is 4. The van der Waals surface area contributed by atoms with Gasteiger partial charge in [-0.3, -0.25) is 0 Å². The van der Waals surface area contributed by atoms with Crippen LogP contribution in [0.3, 0.4) is 0 Å². The van der Waals surface area contributed by atoms with Crippen LogP contribution in [0, 0.1) is 0 Å². The molecule has 0 unspecified atom stereocenters. The predicted octanol–water partition coefficient (Wildman–Crippen LogP) is 17.5. The van der Waals surface area contributed by atoms with E-state index in [2.05, 4.69) is 337 Å². The third kappa shape index (κ3) is 26.5. The van der Waals surface area contributed by atoms with Gasteiger partial charge in [0.15, 0.2) is 11.4 Å². The van der Waals surface area contributed by atoms with E-state index < -0.39 is 20.2 Å². The number of unbranched alkanes of at least 4 members (excludes halogenated alkanes) is 4. The Hall–Kier alpha value is -5.13. The molecule has 8 aromatic carbocycles. The minimum Gasteiger partial charge on any atom is -0.748 e. The normalized spacial score (nSPS) is 16.3. The summed E-state index contributed by atoms with van der Waals surface area (Å²) in [7, 11) is -5.69. The summed E-state index contributed by atoms with van der Waals surface area (Å²) >= 11 is 5.96. The van der Waals surface area contributed by atoms with Crippen LogP contribution >= 0.6 is 47.6 Å². The molecule has 8 aromatic rings. The Labute approximate surface area is 827 Å². The maximum absolute atomic E-state index is 11.4. The summed E-state index contributed by atoms with van der Waals surface area (Å²) in [5.41, 5.74) is 22.9. The molecule has 122 heavy (non-hydrogen) atoms. The van der Waals surface area contributed by atoms with Crippen molar-refractivity contribution in [2.24, 2.45) is 0 Å². The quantitative estimate of drug-likeness (QED) is 0.00406. The van der Waals surface area contributed by atoms with Gasteiger partial charge in [-0.2, -0.15) is 9.15 Å². The number of rotatable bonds is 40. The molecule has 0 N–H and O–H groups in total. The summed E-state index contributed by atoms with van der Waals surface area (Å²) in [5, 5.41) is 9.08. The Balaban J connectivity index is 0.000000273. The number of nitrogens with zero attached hydrogens (tertiary/aromatic N) is 4. The van der Waals surface area contributed by atoms with Crippen LogP contribution in [0.2, 0.25) is 0 Å². The monoisotopic (exact) mass is 1810 g/mol. The van der Waals surface area contributed by atoms with E-state index in [-0.39, 0.29) is 136 Å². The number of allylic oxidation sites excluding steroid dienone is 16. The SMILES string of the molecule is COOOSCCCCN1C(=CC=CC=CC=CC2=[N+](CCCCS(=O)(=O)[O-])c3cc(-c4ccccc4)ccc3C2(C)C)C(C)(C)c2ccc(-c3ccccc3)cc21.COOOSCCCC[N+]1=C(/C=C/C=C/C=C/C=C2/N(CCCCS(=O)(=O)[O-])c3ccc(-c4ccc(SC)cc4)cc3C2(C)C)C(C)(C)c2cc(-c3ccc(SC)cc3)ccc21.[K+].[K+]. The number of hydrogen-bond donors (Lipinski definition) is 0. The molecule has 4 aliphatic rings. The number of benzene rings is 8. The van der Waals surface area contributed by atoms with Gasteiger partial charge in [0.05, 0.1) is 45.3 Å². The number of hydrogen-bond acceptors (Lipinski definition) is 18. The van der Waals surface area contributed by atoms with E-state index in [1.54, 1.807) is 23.5 Å². The molecule has 0 spiro atoms. The van der Waals surface area contributed by atoms with E-state index in [0.717, 1.165) is 95.3 Å². The van der Waals surface area contributed by atoms with Crippen LogP contribution in [0.5, 0.6) is 0 Å². The maximum Gasteiger partial charge on any atom is 1.00 e. The summed E-state index contributed by atoms with van der Waals surface area (Å²) in [6.45, 7) is 21.1. The molecule has 0 radical (unpaired) electrons. The van der Waals surface area contributed by atoms with Crippen LogP contribution in [-0.4, -0.2) is 122 Å². The molecule has 4 aliphatic heterocycles. The summed E-state index contributed by atoms with van der Waals surface area (Å²) in [6, 6.07) is 65.2. The fourth-order valence-corrected chi connectivity index (χ4v) is 19.2. The second-order valence-electron chi connectivity index (χ2n) is 32.0. The first-order valence-corrected chi connectivity index (χ1v) is 48.2. The Kier molecular flexibility index (Phi) is 39.4. The Bertz CT molecular complexity index is 5410. The summed E-state index contributed by atoms with van der Waals surface area (Å²) < 4.78 is 82.9. The zero-order valence-electron chi connectivity index (χ0n) is 72.9. The molecule has 0 saturated carbocycles. The van der Waals surface area contributed by atoms with Crippen molar-refractivity contribution in [3.05, 3.63) is 301 Å². The molecular formula is C98H112K2N4O12S6+2. The van der Waals surface area contributed by atoms with Gasteiger partial charge in [0.2, 0.25) is 11.4 Å². The van der Waals surface area contributed by atoms with Crippen molar-refractivity contribution in [3.63, 3.8) is 0 Å². The standard InChI is InChI=1S/C50H58N2O6S4.C48H54N2O6S2.2K/c1-49(2)43-35-39(37-19-25-41(59-6)26-20-37)23-29-45(43)51(31-13-15-33-61-58-57-56-5)47(49)17-11-9-8-10-12-18-48-50(3,4)44-36-40(38-21-27-42(60-7)28-22-38)24-30-46(44)52(48)32-14-16-34-62(53,54)55;1-47(2)41-29-27-39(37-21-11-9-12-22-37)35-43(41)49(31-17-19-33-57-56-55-54-5)45(47)25-15-7-6-8-16-26-46-48(3,4)42-30-28-40(38-23-13-10-14-24-38)36-44(42)50(46)32-18-20-34-58(51,52)53;;/h8-12,17-30,35-36H,13-16,31-34H2,1-7H3;6-16,21-30,35-36H,17-20,31-34H2,1-5H3;;/q;;2*+1. The van der Waals surface area contributed by atoms with Gasteiger partial charge < -0.3 is 18.9 Å². The first-order valence-electron chi connectivity index (χ1n) is 40.8. The second kappa shape index (κ2) is 47.8. The summed E-state index contributed by atoms with van der Waals surface area (Å²) in [5.74, 6) is 0.866. The molecule has 0 atom stereocenters. The van der Waals surface area contributed by atoms with Crippen molar-refractivity contribution in [3.8, 4) is 44.5 Å². The van der Waals surface area contributed by atoms with Gasteiger partial charge in [-0.1, -0.05) is 214 Å². The van der Waals surface area contributed by atoms with Gasteiger partial charge in [-0.15, -0.1) is 32.2 Å². The summed E-state index contributed by atoms with van der Waals surface area (Å²) in [6.07, 6.45) is 39.4. The molecule has 16 nitrogen and oxygen atoms in total. The molecule has 12 rings (SSSR count). The maximum atomic E-state index is 11.4. The van der Waals surface area contributed by atoms with Gasteiger partial charge in [0.1, 0.15) is 13.1 Å². The fraction of sp³-hybridized carbons (Fsp3) is 0.327. The van der Waals surface area contributed by atoms with Crippen molar-refractivity contribution in [1.82, 2.24) is 0 Å². The average Bonchev–Trinajstić information content (AvgIpc) is 1.61. The van der Waals surface area contributed by atoms with Crippen molar-refractivity contribution in [2.75, 3.05) is 85.7 Å². The second-order valence-corrected chi connectivity index (χ2v) is 38.3. The molecule has 4 heterocycles. The van der Waals surface area contributed by atoms with Crippen molar-refractivity contribution < 1.29 is 166 Å². The molecule has 0 amide bonds. The van der Waals surface area contributed by atoms with E-state index in [1.165, 1.54) is 115 Å². The van der Waals surface area contributed by atoms with Crippen LogP contribution < -0.4 is 113 Å². The Morgan fingerprint density at radius 3 is 1.27 bits per heavy atom. The minimum atomic E-state index is -4.26. The Morgan fingerprint density at radius 1 is 0.377 bits per heavy atom. The first-order chi connectivity index (χ1) is 57.7. The smallest absolute Gasteiger partial charge is 0.748 e. The van der Waals surface area contributed by atoms with E-state index in [0.29, 0.717) is 38.8 Å². The third-order valence-electron chi connectivity index (χ3n) is 22.6. The fourth-order valence-electron chi connectivity index (χ4n) is 16.3. The van der Waals surface area contributed by atoms with Gasteiger partial charge >= 0.3 is 103 Å². The molecule has 0 fully saturated rings. The van der Waals surface area contributed by atoms with Crippen molar-refractivity contribution in [2.45, 2.75) is 138 Å². The molecule has 24 heteroatoms. The number of thioether (sulfide) groups is 2. The van der Waals surface area contributed by atoms with E-state index in [1.807, 2.05) is 36.4 Å². The van der Waals surface area contributed by atoms with Gasteiger partial charge in [-0.05, 0) is 201 Å². The molecule has 0 bridgehead atoms. The van der Waals surface area contributed by atoms with E-state index >= 15 is 0 Å². The topological polar surface area (TPSA) is 182 Å². The molecule has 632 valence electrons. The summed E-state index contributed by atoms with van der Waals surface area (Å²) in [4.78, 5) is 16.3. The molecular weight excluding hydrogens is 1700 g/mol. The van der Waals surface area contributed by atoms with Crippen molar-refractivity contribution >= 4 is 102 Å². The minimum absolute atomic E-state index is 0. The van der Waals surface area contributed by atoms with Gasteiger partial charge in [-0.25, -0.2) is 26.6 Å². The van der Waals surface area contributed by atoms with E-state index in [4.69, 9.17) is 8.67 Å².